The molecule has 34 heavy (non-hydrogen) atoms. The average molecular weight is 496 g/mol. The monoisotopic (exact) mass is 495 g/mol. The Bertz CT molecular complexity index is 1480. The van der Waals surface area contributed by atoms with Crippen LogP contribution >= 0.6 is 11.6 Å². The number of aromatic nitrogens is 1. The Balaban J connectivity index is 1.37. The molecule has 6 nitrogen and oxygen atoms in total. The summed E-state index contributed by atoms with van der Waals surface area (Å²) in [5, 5.41) is 5.74. The molecule has 1 aliphatic heterocycles. The van der Waals surface area contributed by atoms with E-state index in [0.29, 0.717) is 30.1 Å². The van der Waals surface area contributed by atoms with Gasteiger partial charge in [0.05, 0.1) is 10.8 Å². The first kappa shape index (κ1) is 22.9. The Kier molecular flexibility index (Phi) is 6.10. The topological polar surface area (TPSA) is 71.4 Å². The van der Waals surface area contributed by atoms with Crippen LogP contribution in [0.5, 0.6) is 0 Å². The van der Waals surface area contributed by atoms with Gasteiger partial charge in [0.2, 0.25) is 15.9 Å². The zero-order valence-corrected chi connectivity index (χ0v) is 20.4. The number of nitrogens with one attached hydrogen (secondary N) is 1. The van der Waals surface area contributed by atoms with Gasteiger partial charge in [-0.25, -0.2) is 8.42 Å². The van der Waals surface area contributed by atoms with Crippen molar-refractivity contribution in [2.75, 3.05) is 18.4 Å². The second kappa shape index (κ2) is 9.06. The number of fused-ring (bicyclic) bond motifs is 3. The van der Waals surface area contributed by atoms with Gasteiger partial charge in [0.25, 0.3) is 0 Å². The van der Waals surface area contributed by atoms with E-state index in [1.807, 2.05) is 30.3 Å². The highest BCUT2D eigenvalue weighted by atomic mass is 35.5. The van der Waals surface area contributed by atoms with Crippen LogP contribution in [0, 0.1) is 5.92 Å². The SMILES string of the molecule is CCn1c2ccccc2c2cc(NC(=O)[C@@H]3CCCN(S(=O)(=O)c4ccc(Cl)cc4)C3)ccc21. The molecule has 1 saturated heterocycles. The molecule has 5 rings (SSSR count). The second-order valence-corrected chi connectivity index (χ2v) is 11.0. The van der Waals surface area contributed by atoms with E-state index >= 15 is 0 Å². The highest BCUT2D eigenvalue weighted by molar-refractivity contribution is 7.89. The fourth-order valence-corrected chi connectivity index (χ4v) is 6.50. The second-order valence-electron chi connectivity index (χ2n) is 8.64. The number of para-hydroxylation sites is 1. The maximum Gasteiger partial charge on any atom is 0.243 e. The van der Waals surface area contributed by atoms with Crippen molar-refractivity contribution in [3.05, 3.63) is 71.8 Å². The van der Waals surface area contributed by atoms with Crippen molar-refractivity contribution in [3.63, 3.8) is 0 Å². The third-order valence-corrected chi connectivity index (χ3v) is 8.69. The molecule has 0 aliphatic carbocycles. The maximum absolute atomic E-state index is 13.1. The first-order chi connectivity index (χ1) is 16.4. The molecule has 1 aliphatic rings. The van der Waals surface area contributed by atoms with Crippen LogP contribution in [0.25, 0.3) is 21.8 Å². The maximum atomic E-state index is 13.1. The van der Waals surface area contributed by atoms with Gasteiger partial charge in [-0.2, -0.15) is 4.31 Å². The predicted octanol–water partition coefficient (Wildman–Crippen LogP) is 5.51. The van der Waals surface area contributed by atoms with Gasteiger partial charge in [0, 0.05) is 52.2 Å². The quantitative estimate of drug-likeness (QED) is 0.397. The van der Waals surface area contributed by atoms with Crippen molar-refractivity contribution >= 4 is 55.0 Å². The molecule has 3 aromatic carbocycles. The van der Waals surface area contributed by atoms with Crippen molar-refractivity contribution in [1.29, 1.82) is 0 Å². The molecule has 176 valence electrons. The largest absolute Gasteiger partial charge is 0.341 e. The number of anilines is 1. The number of amides is 1. The summed E-state index contributed by atoms with van der Waals surface area (Å²) in [5.41, 5.74) is 3.01. The molecule has 0 spiro atoms. The van der Waals surface area contributed by atoms with Crippen LogP contribution in [-0.4, -0.2) is 36.3 Å². The number of aryl methyl sites for hydroxylation is 1. The molecule has 2 heterocycles. The standard InChI is InChI=1S/C26H26ClN3O3S/c1-2-30-24-8-4-3-7-22(24)23-16-20(11-14-25(23)30)28-26(31)18-6-5-15-29(17-18)34(32,33)21-12-9-19(27)10-13-21/h3-4,7-14,16,18H,2,5-6,15,17H2,1H3,(H,28,31)/t18-/m1/s1. The summed E-state index contributed by atoms with van der Waals surface area (Å²) in [5.74, 6) is -0.571. The van der Waals surface area contributed by atoms with Gasteiger partial charge < -0.3 is 9.88 Å². The van der Waals surface area contributed by atoms with Crippen molar-refractivity contribution < 1.29 is 13.2 Å². The Hall–Kier alpha value is -2.87. The first-order valence-corrected chi connectivity index (χ1v) is 13.3. The summed E-state index contributed by atoms with van der Waals surface area (Å²) in [6.07, 6.45) is 1.28. The summed E-state index contributed by atoms with van der Waals surface area (Å²) in [6.45, 7) is 3.54. The van der Waals surface area contributed by atoms with E-state index in [1.165, 1.54) is 22.0 Å². The normalized spacial score (nSPS) is 17.3. The Labute approximate surface area is 204 Å². The third kappa shape index (κ3) is 4.08. The minimum absolute atomic E-state index is 0.158. The lowest BCUT2D eigenvalue weighted by Crippen LogP contribution is -2.43. The molecule has 8 heteroatoms. The highest BCUT2D eigenvalue weighted by Gasteiger charge is 2.33. The number of carbonyl (C=O) groups excluding carboxylic acids is 1. The van der Waals surface area contributed by atoms with Crippen molar-refractivity contribution in [1.82, 2.24) is 8.87 Å². The lowest BCUT2D eigenvalue weighted by atomic mass is 9.98. The van der Waals surface area contributed by atoms with Crippen LogP contribution in [0.4, 0.5) is 5.69 Å². The molecule has 1 amide bonds. The van der Waals surface area contributed by atoms with Crippen LogP contribution in [0.3, 0.4) is 0 Å². The smallest absolute Gasteiger partial charge is 0.243 e. The summed E-state index contributed by atoms with van der Waals surface area (Å²) in [7, 11) is -3.68. The average Bonchev–Trinajstić information content (AvgIpc) is 3.17. The van der Waals surface area contributed by atoms with Gasteiger partial charge >= 0.3 is 0 Å². The van der Waals surface area contributed by atoms with E-state index in [1.54, 1.807) is 12.1 Å². The lowest BCUT2D eigenvalue weighted by Gasteiger charge is -2.31. The summed E-state index contributed by atoms with van der Waals surface area (Å²) < 4.78 is 29.8. The van der Waals surface area contributed by atoms with Crippen LogP contribution in [0.2, 0.25) is 5.02 Å². The van der Waals surface area contributed by atoms with E-state index in [2.05, 4.69) is 28.9 Å². The molecule has 1 atom stereocenters. The Morgan fingerprint density at radius 2 is 1.76 bits per heavy atom. The third-order valence-electron chi connectivity index (χ3n) is 6.56. The molecular weight excluding hydrogens is 470 g/mol. The van der Waals surface area contributed by atoms with Crippen LogP contribution in [0.1, 0.15) is 19.8 Å². The van der Waals surface area contributed by atoms with Crippen LogP contribution < -0.4 is 5.32 Å². The number of piperidine rings is 1. The number of sulfonamides is 1. The zero-order chi connectivity index (χ0) is 23.9. The number of carbonyl (C=O) groups is 1. The fraction of sp³-hybridized carbons (Fsp3) is 0.269. The lowest BCUT2D eigenvalue weighted by molar-refractivity contribution is -0.120. The van der Waals surface area contributed by atoms with E-state index in [9.17, 15) is 13.2 Å². The summed E-state index contributed by atoms with van der Waals surface area (Å²) in [6, 6.07) is 20.3. The number of rotatable bonds is 5. The number of hydrogen-bond donors (Lipinski definition) is 1. The molecule has 1 N–H and O–H groups in total. The molecule has 1 aromatic heterocycles. The fourth-order valence-electron chi connectivity index (χ4n) is 4.85. The van der Waals surface area contributed by atoms with Crippen LogP contribution in [-0.2, 0) is 21.4 Å². The first-order valence-electron chi connectivity index (χ1n) is 11.5. The van der Waals surface area contributed by atoms with Crippen LogP contribution in [0.15, 0.2) is 71.6 Å². The van der Waals surface area contributed by atoms with E-state index in [0.717, 1.165) is 22.8 Å². The highest BCUT2D eigenvalue weighted by Crippen LogP contribution is 2.32. The van der Waals surface area contributed by atoms with Gasteiger partial charge in [0.15, 0.2) is 0 Å². The number of halogens is 1. The van der Waals surface area contributed by atoms with E-state index < -0.39 is 15.9 Å². The number of nitrogens with zero attached hydrogens (tertiary/aromatic N) is 2. The predicted molar refractivity (Wildman–Crippen MR) is 137 cm³/mol. The summed E-state index contributed by atoms with van der Waals surface area (Å²) >= 11 is 5.90. The number of benzene rings is 3. The van der Waals surface area contributed by atoms with Gasteiger partial charge in [-0.15, -0.1) is 0 Å². The number of hydrogen-bond acceptors (Lipinski definition) is 3. The van der Waals surface area contributed by atoms with E-state index in [4.69, 9.17) is 11.6 Å². The Morgan fingerprint density at radius 3 is 2.53 bits per heavy atom. The minimum atomic E-state index is -3.68. The van der Waals surface area contributed by atoms with Crippen molar-refractivity contribution in [2.24, 2.45) is 5.92 Å². The molecule has 4 aromatic rings. The minimum Gasteiger partial charge on any atom is -0.341 e. The molecule has 0 unspecified atom stereocenters. The molecule has 0 bridgehead atoms. The summed E-state index contributed by atoms with van der Waals surface area (Å²) in [4.78, 5) is 13.3. The van der Waals surface area contributed by atoms with Crippen molar-refractivity contribution in [3.8, 4) is 0 Å². The molecular formula is C26H26ClN3O3S. The molecule has 0 saturated carbocycles. The molecule has 1 fully saturated rings. The molecule has 0 radical (unpaired) electrons. The van der Waals surface area contributed by atoms with Gasteiger partial charge in [-0.3, -0.25) is 4.79 Å². The Morgan fingerprint density at radius 1 is 1.03 bits per heavy atom. The van der Waals surface area contributed by atoms with Gasteiger partial charge in [-0.05, 0) is 68.3 Å². The van der Waals surface area contributed by atoms with Gasteiger partial charge in [-0.1, -0.05) is 29.8 Å². The van der Waals surface area contributed by atoms with Crippen molar-refractivity contribution in [2.45, 2.75) is 31.2 Å². The van der Waals surface area contributed by atoms with E-state index in [-0.39, 0.29) is 17.3 Å². The van der Waals surface area contributed by atoms with Gasteiger partial charge in [0.1, 0.15) is 0 Å². The zero-order valence-electron chi connectivity index (χ0n) is 18.9.